The molecular formula is C12H25N3O2S. The topological polar surface area (TPSA) is 84.2 Å². The van der Waals surface area contributed by atoms with Crippen LogP contribution in [0.4, 0.5) is 4.79 Å². The molecule has 0 bridgehead atoms. The quantitative estimate of drug-likeness (QED) is 0.621. The molecule has 18 heavy (non-hydrogen) atoms. The molecule has 0 heterocycles. The molecule has 0 rings (SSSR count). The highest BCUT2D eigenvalue weighted by molar-refractivity contribution is 7.99. The molecule has 1 atom stereocenters. The number of urea groups is 1. The van der Waals surface area contributed by atoms with Crippen LogP contribution in [0, 0.1) is 11.8 Å². The average Bonchev–Trinajstić information content (AvgIpc) is 2.28. The summed E-state index contributed by atoms with van der Waals surface area (Å²) in [7, 11) is 0. The maximum Gasteiger partial charge on any atom is 0.321 e. The number of hydrogen-bond donors (Lipinski definition) is 3. The normalized spacial score (nSPS) is 12.3. The van der Waals surface area contributed by atoms with E-state index in [-0.39, 0.29) is 5.91 Å². The fraction of sp³-hybridized carbons (Fsp3) is 0.833. The number of nitrogens with two attached hydrogens (primary N) is 1. The van der Waals surface area contributed by atoms with Crippen molar-refractivity contribution in [2.45, 2.75) is 27.2 Å². The number of thioether (sulfide) groups is 1. The highest BCUT2D eigenvalue weighted by Crippen LogP contribution is 2.06. The van der Waals surface area contributed by atoms with Crippen LogP contribution < -0.4 is 16.4 Å². The summed E-state index contributed by atoms with van der Waals surface area (Å²) in [6.45, 7) is 7.40. The second-order valence-corrected chi connectivity index (χ2v) is 5.87. The minimum absolute atomic E-state index is 0.258. The van der Waals surface area contributed by atoms with Gasteiger partial charge in [-0.25, -0.2) is 4.79 Å². The lowest BCUT2D eigenvalue weighted by atomic mass is 10.1. The van der Waals surface area contributed by atoms with E-state index in [9.17, 15) is 9.59 Å². The summed E-state index contributed by atoms with van der Waals surface area (Å²) in [6, 6.07) is -0.409. The van der Waals surface area contributed by atoms with Crippen molar-refractivity contribution < 1.29 is 9.59 Å². The van der Waals surface area contributed by atoms with Crippen molar-refractivity contribution in [1.29, 1.82) is 0 Å². The van der Waals surface area contributed by atoms with E-state index < -0.39 is 6.03 Å². The summed E-state index contributed by atoms with van der Waals surface area (Å²) in [5.41, 5.74) is 5.47. The van der Waals surface area contributed by atoms with Gasteiger partial charge >= 0.3 is 6.03 Å². The van der Waals surface area contributed by atoms with Gasteiger partial charge < -0.3 is 11.1 Å². The lowest BCUT2D eigenvalue weighted by molar-refractivity contribution is -0.117. The van der Waals surface area contributed by atoms with Gasteiger partial charge in [0.15, 0.2) is 0 Å². The van der Waals surface area contributed by atoms with Crippen LogP contribution in [0.15, 0.2) is 0 Å². The fourth-order valence-corrected chi connectivity index (χ4v) is 2.02. The highest BCUT2D eigenvalue weighted by atomic mass is 32.2. The van der Waals surface area contributed by atoms with E-state index in [1.807, 2.05) is 6.92 Å². The number of carbonyl (C=O) groups excluding carboxylic acids is 2. The molecule has 0 spiro atoms. The summed E-state index contributed by atoms with van der Waals surface area (Å²) in [6.07, 6.45) is 0.907. The number of rotatable bonds is 8. The van der Waals surface area contributed by atoms with Crippen molar-refractivity contribution in [3.8, 4) is 0 Å². The summed E-state index contributed by atoms with van der Waals surface area (Å²) >= 11 is 1.49. The van der Waals surface area contributed by atoms with Crippen LogP contribution in [0.25, 0.3) is 0 Å². The first-order chi connectivity index (χ1) is 8.45. The maximum absolute atomic E-state index is 11.4. The van der Waals surface area contributed by atoms with Crippen molar-refractivity contribution in [2.75, 3.05) is 24.6 Å². The van der Waals surface area contributed by atoms with Crippen LogP contribution in [-0.4, -0.2) is 36.5 Å². The van der Waals surface area contributed by atoms with Crippen molar-refractivity contribution in [1.82, 2.24) is 10.6 Å². The van der Waals surface area contributed by atoms with Crippen LogP contribution in [0.5, 0.6) is 0 Å². The van der Waals surface area contributed by atoms with Gasteiger partial charge in [-0.2, -0.15) is 11.8 Å². The number of nitrogens with one attached hydrogen (secondary N) is 2. The molecule has 0 saturated carbocycles. The van der Waals surface area contributed by atoms with Gasteiger partial charge in [-0.1, -0.05) is 20.8 Å². The van der Waals surface area contributed by atoms with E-state index in [0.717, 1.165) is 12.2 Å². The summed E-state index contributed by atoms with van der Waals surface area (Å²) in [5.74, 6) is 1.80. The smallest absolute Gasteiger partial charge is 0.321 e. The van der Waals surface area contributed by atoms with Gasteiger partial charge in [0.2, 0.25) is 5.91 Å². The average molecular weight is 275 g/mol. The molecule has 0 fully saturated rings. The first-order valence-corrected chi connectivity index (χ1v) is 7.46. The van der Waals surface area contributed by atoms with E-state index in [2.05, 4.69) is 24.5 Å². The molecule has 0 saturated heterocycles. The minimum Gasteiger partial charge on any atom is -0.338 e. The maximum atomic E-state index is 11.4. The van der Waals surface area contributed by atoms with Gasteiger partial charge in [0.25, 0.3) is 0 Å². The van der Waals surface area contributed by atoms with Gasteiger partial charge in [-0.15, -0.1) is 0 Å². The van der Waals surface area contributed by atoms with Crippen LogP contribution in [0.1, 0.15) is 27.2 Å². The third-order valence-electron chi connectivity index (χ3n) is 2.30. The Morgan fingerprint density at radius 2 is 1.94 bits per heavy atom. The zero-order chi connectivity index (χ0) is 14.0. The number of carbonyl (C=O) groups is 2. The molecule has 4 N–H and O–H groups in total. The Kier molecular flexibility index (Phi) is 9.77. The Morgan fingerprint density at radius 1 is 1.28 bits per heavy atom. The van der Waals surface area contributed by atoms with Gasteiger partial charge in [0, 0.05) is 6.54 Å². The second kappa shape index (κ2) is 10.2. The third-order valence-corrected chi connectivity index (χ3v) is 3.57. The largest absolute Gasteiger partial charge is 0.338 e. The predicted octanol–water partition coefficient (Wildman–Crippen LogP) is 1.19. The Hall–Kier alpha value is -0.750. The summed E-state index contributed by atoms with van der Waals surface area (Å²) < 4.78 is 0. The first kappa shape index (κ1) is 17.2. The zero-order valence-corrected chi connectivity index (χ0v) is 12.3. The molecule has 6 heteroatoms. The lowest BCUT2D eigenvalue weighted by Crippen LogP contribution is -2.41. The van der Waals surface area contributed by atoms with E-state index in [1.165, 1.54) is 11.8 Å². The van der Waals surface area contributed by atoms with Gasteiger partial charge in [0.1, 0.15) is 0 Å². The van der Waals surface area contributed by atoms with E-state index in [1.54, 1.807) is 0 Å². The minimum atomic E-state index is -0.409. The Bertz CT molecular complexity index is 260. The Morgan fingerprint density at radius 3 is 2.50 bits per heavy atom. The zero-order valence-electron chi connectivity index (χ0n) is 11.5. The molecule has 3 amide bonds. The second-order valence-electron chi connectivity index (χ2n) is 4.84. The summed E-state index contributed by atoms with van der Waals surface area (Å²) in [5, 5.41) is 4.96. The van der Waals surface area contributed by atoms with Gasteiger partial charge in [-0.05, 0) is 30.6 Å². The number of hydrogen-bond acceptors (Lipinski definition) is 4. The first-order valence-electron chi connectivity index (χ1n) is 6.31. The molecule has 106 valence electrons. The SMILES string of the molecule is CC(C)CCNC(=O)NC(=O)CSCC(C)CN. The van der Waals surface area contributed by atoms with E-state index in [0.29, 0.717) is 30.7 Å². The Labute approximate surface area is 114 Å². The van der Waals surface area contributed by atoms with Crippen molar-refractivity contribution in [3.63, 3.8) is 0 Å². The molecule has 0 aliphatic carbocycles. The lowest BCUT2D eigenvalue weighted by Gasteiger charge is -2.09. The molecule has 5 nitrogen and oxygen atoms in total. The number of amides is 3. The summed E-state index contributed by atoms with van der Waals surface area (Å²) in [4.78, 5) is 22.7. The number of imide groups is 1. The van der Waals surface area contributed by atoms with Gasteiger partial charge in [0.05, 0.1) is 5.75 Å². The molecule has 0 aliphatic heterocycles. The van der Waals surface area contributed by atoms with Crippen LogP contribution in [0.2, 0.25) is 0 Å². The molecule has 0 aromatic heterocycles. The predicted molar refractivity (Wildman–Crippen MR) is 76.5 cm³/mol. The third kappa shape index (κ3) is 10.4. The highest BCUT2D eigenvalue weighted by Gasteiger charge is 2.08. The molecule has 1 unspecified atom stereocenters. The van der Waals surface area contributed by atoms with E-state index in [4.69, 9.17) is 5.73 Å². The van der Waals surface area contributed by atoms with Crippen LogP contribution >= 0.6 is 11.8 Å². The van der Waals surface area contributed by atoms with E-state index >= 15 is 0 Å². The molecule has 0 aliphatic rings. The monoisotopic (exact) mass is 275 g/mol. The van der Waals surface area contributed by atoms with Crippen LogP contribution in [0.3, 0.4) is 0 Å². The molecule has 0 aromatic rings. The molecule has 0 radical (unpaired) electrons. The molecular weight excluding hydrogens is 250 g/mol. The van der Waals surface area contributed by atoms with Crippen molar-refractivity contribution in [2.24, 2.45) is 17.6 Å². The standard InChI is InChI=1S/C12H25N3O2S/c1-9(2)4-5-14-12(17)15-11(16)8-18-7-10(3)6-13/h9-10H,4-8,13H2,1-3H3,(H2,14,15,16,17). The fourth-order valence-electron chi connectivity index (χ4n) is 1.10. The van der Waals surface area contributed by atoms with Crippen molar-refractivity contribution >= 4 is 23.7 Å². The molecule has 0 aromatic carbocycles. The van der Waals surface area contributed by atoms with Crippen LogP contribution in [-0.2, 0) is 4.79 Å². The Balaban J connectivity index is 3.58. The van der Waals surface area contributed by atoms with Crippen molar-refractivity contribution in [3.05, 3.63) is 0 Å². The van der Waals surface area contributed by atoms with Gasteiger partial charge in [-0.3, -0.25) is 10.1 Å².